The van der Waals surface area contributed by atoms with E-state index >= 15 is 0 Å². The van der Waals surface area contributed by atoms with Crippen LogP contribution in [0.3, 0.4) is 0 Å². The van der Waals surface area contributed by atoms with Crippen LogP contribution in [0.25, 0.3) is 0 Å². The predicted molar refractivity (Wildman–Crippen MR) is 142 cm³/mol. The van der Waals surface area contributed by atoms with Gasteiger partial charge in [0.1, 0.15) is 5.75 Å². The summed E-state index contributed by atoms with van der Waals surface area (Å²) in [5.74, 6) is 0.998. The fourth-order valence-electron chi connectivity index (χ4n) is 4.69. The first-order valence-corrected chi connectivity index (χ1v) is 12.9. The van der Waals surface area contributed by atoms with Gasteiger partial charge in [0.05, 0.1) is 12.6 Å². The summed E-state index contributed by atoms with van der Waals surface area (Å²) in [4.78, 5) is 15.7. The highest BCUT2D eigenvalue weighted by Gasteiger charge is 2.40. The summed E-state index contributed by atoms with van der Waals surface area (Å²) in [5, 5.41) is 3.75. The van der Waals surface area contributed by atoms with Crippen molar-refractivity contribution in [1.29, 1.82) is 0 Å². The van der Waals surface area contributed by atoms with Crippen molar-refractivity contribution >= 4 is 49.1 Å². The van der Waals surface area contributed by atoms with E-state index in [4.69, 9.17) is 4.74 Å². The van der Waals surface area contributed by atoms with Crippen molar-refractivity contribution < 1.29 is 9.53 Å². The van der Waals surface area contributed by atoms with Crippen LogP contribution in [0.1, 0.15) is 49.2 Å². The van der Waals surface area contributed by atoms with Gasteiger partial charge in [-0.2, -0.15) is 0 Å². The molecule has 1 aliphatic heterocycles. The number of para-hydroxylation sites is 1. The van der Waals surface area contributed by atoms with Crippen LogP contribution in [0, 0.1) is 5.92 Å². The van der Waals surface area contributed by atoms with Gasteiger partial charge in [-0.1, -0.05) is 48.0 Å². The molecule has 1 N–H and O–H groups in total. The van der Waals surface area contributed by atoms with Crippen molar-refractivity contribution in [3.8, 4) is 5.75 Å². The van der Waals surface area contributed by atoms with Crippen LogP contribution in [0.5, 0.6) is 5.75 Å². The number of benzene rings is 3. The van der Waals surface area contributed by atoms with Crippen molar-refractivity contribution in [2.45, 2.75) is 39.3 Å². The first-order valence-electron chi connectivity index (χ1n) is 11.3. The van der Waals surface area contributed by atoms with Crippen LogP contribution >= 0.6 is 31.9 Å². The Hall–Kier alpha value is -2.31. The highest BCUT2D eigenvalue weighted by atomic mass is 79.9. The Bertz CT molecular complexity index is 1130. The summed E-state index contributed by atoms with van der Waals surface area (Å²) in [7, 11) is 0. The maximum atomic E-state index is 13.8. The molecular formula is C27H28Br2N2O2. The zero-order valence-electron chi connectivity index (χ0n) is 19.0. The van der Waals surface area contributed by atoms with E-state index in [2.05, 4.69) is 69.2 Å². The minimum absolute atomic E-state index is 0.0208. The number of rotatable bonds is 6. The fraction of sp³-hybridized carbons (Fsp3) is 0.296. The minimum atomic E-state index is 0.0208. The SMILES string of the molecule is CCOc1ccc(C(=O)N2c3ccccc3[C@@H](Nc3ccc(Br)cc3Br)[C@H](C)[C@H]2CC)cc1. The number of hydrogen-bond acceptors (Lipinski definition) is 3. The zero-order chi connectivity index (χ0) is 23.5. The lowest BCUT2D eigenvalue weighted by Crippen LogP contribution is -2.50. The molecule has 0 saturated heterocycles. The third-order valence-electron chi connectivity index (χ3n) is 6.29. The highest BCUT2D eigenvalue weighted by Crippen LogP contribution is 2.44. The Kier molecular flexibility index (Phi) is 7.45. The minimum Gasteiger partial charge on any atom is -0.494 e. The Morgan fingerprint density at radius 1 is 1.03 bits per heavy atom. The lowest BCUT2D eigenvalue weighted by Gasteiger charge is -2.45. The van der Waals surface area contributed by atoms with Crippen molar-refractivity contribution in [3.05, 3.63) is 86.8 Å². The summed E-state index contributed by atoms with van der Waals surface area (Å²) < 4.78 is 7.58. The molecule has 0 spiro atoms. The van der Waals surface area contributed by atoms with Gasteiger partial charge in [0.25, 0.3) is 5.91 Å². The maximum absolute atomic E-state index is 13.8. The van der Waals surface area contributed by atoms with Crippen molar-refractivity contribution in [2.24, 2.45) is 5.92 Å². The molecule has 0 saturated carbocycles. The number of ether oxygens (including phenoxy) is 1. The third-order valence-corrected chi connectivity index (χ3v) is 7.44. The van der Waals surface area contributed by atoms with Crippen LogP contribution in [0.4, 0.5) is 11.4 Å². The topological polar surface area (TPSA) is 41.6 Å². The highest BCUT2D eigenvalue weighted by molar-refractivity contribution is 9.11. The second-order valence-corrected chi connectivity index (χ2v) is 10.0. The number of nitrogens with one attached hydrogen (secondary N) is 1. The van der Waals surface area contributed by atoms with Gasteiger partial charge < -0.3 is 15.0 Å². The first kappa shape index (κ1) is 23.8. The number of amides is 1. The molecular weight excluding hydrogens is 544 g/mol. The average molecular weight is 572 g/mol. The van der Waals surface area contributed by atoms with E-state index in [9.17, 15) is 4.79 Å². The molecule has 0 aliphatic carbocycles. The van der Waals surface area contributed by atoms with Crippen LogP contribution in [0.15, 0.2) is 75.7 Å². The number of halogens is 2. The average Bonchev–Trinajstić information content (AvgIpc) is 2.82. The summed E-state index contributed by atoms with van der Waals surface area (Å²) in [6, 6.07) is 22.0. The Labute approximate surface area is 212 Å². The lowest BCUT2D eigenvalue weighted by molar-refractivity contribution is 0.0960. The van der Waals surface area contributed by atoms with Gasteiger partial charge >= 0.3 is 0 Å². The Morgan fingerprint density at radius 2 is 1.76 bits per heavy atom. The molecule has 33 heavy (non-hydrogen) atoms. The van der Waals surface area contributed by atoms with Gasteiger partial charge in [0, 0.05) is 37.8 Å². The van der Waals surface area contributed by atoms with E-state index in [1.54, 1.807) is 0 Å². The van der Waals surface area contributed by atoms with Crippen LogP contribution in [-0.4, -0.2) is 18.6 Å². The molecule has 3 aromatic rings. The van der Waals surface area contributed by atoms with Crippen LogP contribution in [-0.2, 0) is 0 Å². The second kappa shape index (κ2) is 10.3. The fourth-order valence-corrected chi connectivity index (χ4v) is 5.85. The summed E-state index contributed by atoms with van der Waals surface area (Å²) >= 11 is 7.21. The summed E-state index contributed by atoms with van der Waals surface area (Å²) in [6.45, 7) is 6.94. The zero-order valence-corrected chi connectivity index (χ0v) is 22.2. The molecule has 0 aromatic heterocycles. The first-order chi connectivity index (χ1) is 15.9. The second-order valence-electron chi connectivity index (χ2n) is 8.27. The standard InChI is InChI=1S/C27H28Br2N2O2/c1-4-24-17(3)26(30-23-15-12-19(28)16-22(23)29)21-8-6-7-9-25(21)31(24)27(32)18-10-13-20(14-11-18)33-5-2/h6-17,24,26,30H,4-5H2,1-3H3/t17-,24-,26+/m1/s1. The smallest absolute Gasteiger partial charge is 0.258 e. The molecule has 0 radical (unpaired) electrons. The van der Waals surface area contributed by atoms with Gasteiger partial charge in [-0.3, -0.25) is 4.79 Å². The summed E-state index contributed by atoms with van der Waals surface area (Å²) in [5.41, 5.74) is 3.79. The Balaban J connectivity index is 1.72. The molecule has 6 heteroatoms. The van der Waals surface area contributed by atoms with Gasteiger partial charge in [-0.15, -0.1) is 0 Å². The van der Waals surface area contributed by atoms with E-state index < -0.39 is 0 Å². The number of carbonyl (C=O) groups excluding carboxylic acids is 1. The number of anilines is 2. The van der Waals surface area contributed by atoms with Crippen molar-refractivity contribution in [1.82, 2.24) is 0 Å². The third kappa shape index (κ3) is 4.82. The van der Waals surface area contributed by atoms with E-state index in [1.165, 1.54) is 0 Å². The molecule has 3 aromatic carbocycles. The molecule has 172 valence electrons. The van der Waals surface area contributed by atoms with Gasteiger partial charge in [-0.25, -0.2) is 0 Å². The predicted octanol–water partition coefficient (Wildman–Crippen LogP) is 7.84. The normalized spacial score (nSPS) is 19.7. The van der Waals surface area contributed by atoms with Gasteiger partial charge in [-0.05, 0) is 83.4 Å². The lowest BCUT2D eigenvalue weighted by atomic mass is 9.80. The van der Waals surface area contributed by atoms with Crippen LogP contribution in [0.2, 0.25) is 0 Å². The van der Waals surface area contributed by atoms with E-state index in [0.717, 1.165) is 38.1 Å². The molecule has 0 bridgehead atoms. The van der Waals surface area contributed by atoms with E-state index in [0.29, 0.717) is 12.2 Å². The number of nitrogens with zero attached hydrogens (tertiary/aromatic N) is 1. The molecule has 1 aliphatic rings. The Morgan fingerprint density at radius 3 is 2.42 bits per heavy atom. The quantitative estimate of drug-likeness (QED) is 0.327. The number of carbonyl (C=O) groups is 1. The van der Waals surface area contributed by atoms with Crippen LogP contribution < -0.4 is 15.0 Å². The van der Waals surface area contributed by atoms with Gasteiger partial charge in [0.15, 0.2) is 0 Å². The monoisotopic (exact) mass is 570 g/mol. The molecule has 3 atom stereocenters. The molecule has 0 unspecified atom stereocenters. The van der Waals surface area contributed by atoms with E-state index in [1.807, 2.05) is 60.4 Å². The van der Waals surface area contributed by atoms with E-state index in [-0.39, 0.29) is 23.9 Å². The number of fused-ring (bicyclic) bond motifs is 1. The molecule has 0 fully saturated rings. The van der Waals surface area contributed by atoms with Crippen molar-refractivity contribution in [3.63, 3.8) is 0 Å². The summed E-state index contributed by atoms with van der Waals surface area (Å²) in [6.07, 6.45) is 0.859. The van der Waals surface area contributed by atoms with Crippen molar-refractivity contribution in [2.75, 3.05) is 16.8 Å². The molecule has 4 nitrogen and oxygen atoms in total. The molecule has 1 heterocycles. The number of hydrogen-bond donors (Lipinski definition) is 1. The maximum Gasteiger partial charge on any atom is 0.258 e. The van der Waals surface area contributed by atoms with Gasteiger partial charge in [0.2, 0.25) is 0 Å². The molecule has 4 rings (SSSR count). The largest absolute Gasteiger partial charge is 0.494 e. The molecule has 1 amide bonds.